The fraction of sp³-hybridized carbons (Fsp3) is 0.176. The van der Waals surface area contributed by atoms with Crippen molar-refractivity contribution < 1.29 is 18.0 Å². The van der Waals surface area contributed by atoms with E-state index in [2.05, 4.69) is 5.32 Å². The van der Waals surface area contributed by atoms with Gasteiger partial charge in [0.25, 0.3) is 15.9 Å². The number of carbonyl (C=O) groups is 2. The zero-order valence-corrected chi connectivity index (χ0v) is 15.9. The lowest BCUT2D eigenvalue weighted by Gasteiger charge is -2.19. The molecule has 0 fully saturated rings. The Kier molecular flexibility index (Phi) is 4.96. The summed E-state index contributed by atoms with van der Waals surface area (Å²) in [5.74, 6) is -1.33. The number of nitrogens with zero attached hydrogens (tertiary/aromatic N) is 1. The van der Waals surface area contributed by atoms with Gasteiger partial charge in [0.2, 0.25) is 5.91 Å². The average molecular weight is 413 g/mol. The van der Waals surface area contributed by atoms with Crippen LogP contribution in [0.15, 0.2) is 47.4 Å². The molecular weight excluding hydrogens is 399 g/mol. The Hall–Kier alpha value is -2.09. The fourth-order valence-corrected chi connectivity index (χ4v) is 4.83. The molecule has 0 saturated heterocycles. The molecule has 1 N–H and O–H groups in total. The maximum absolute atomic E-state index is 12.5. The van der Waals surface area contributed by atoms with Gasteiger partial charge in [0.05, 0.1) is 11.6 Å². The average Bonchev–Trinajstić information content (AvgIpc) is 2.76. The highest BCUT2D eigenvalue weighted by Crippen LogP contribution is 2.30. The summed E-state index contributed by atoms with van der Waals surface area (Å²) in [5, 5.41) is 3.48. The molecule has 0 radical (unpaired) electrons. The molecule has 1 unspecified atom stereocenters. The van der Waals surface area contributed by atoms with Gasteiger partial charge in [-0.25, -0.2) is 12.7 Å². The molecule has 9 heteroatoms. The van der Waals surface area contributed by atoms with E-state index in [0.717, 1.165) is 0 Å². The predicted octanol–water partition coefficient (Wildman–Crippen LogP) is 3.02. The van der Waals surface area contributed by atoms with Gasteiger partial charge in [0.1, 0.15) is 11.4 Å². The molecule has 0 spiro atoms. The molecule has 0 aromatic heterocycles. The van der Waals surface area contributed by atoms with E-state index in [9.17, 15) is 18.0 Å². The third kappa shape index (κ3) is 3.30. The molecule has 136 valence electrons. The van der Waals surface area contributed by atoms with Gasteiger partial charge in [-0.2, -0.15) is 0 Å². The number of hydrogen-bond donors (Lipinski definition) is 1. The van der Waals surface area contributed by atoms with Gasteiger partial charge in [-0.3, -0.25) is 9.59 Å². The van der Waals surface area contributed by atoms with Crippen LogP contribution in [0.2, 0.25) is 10.0 Å². The molecule has 1 aliphatic rings. The van der Waals surface area contributed by atoms with Crippen molar-refractivity contribution in [2.24, 2.45) is 0 Å². The van der Waals surface area contributed by atoms with Crippen LogP contribution in [-0.2, 0) is 14.8 Å². The lowest BCUT2D eigenvalue weighted by molar-refractivity contribution is -0.121. The van der Waals surface area contributed by atoms with E-state index in [-0.39, 0.29) is 10.5 Å². The SMILES string of the molecule is CC(NC(=O)CN1C(=O)c2ccccc2S1(=O)=O)c1ccc(Cl)cc1Cl. The molecule has 0 saturated carbocycles. The van der Waals surface area contributed by atoms with Crippen LogP contribution in [0.4, 0.5) is 0 Å². The summed E-state index contributed by atoms with van der Waals surface area (Å²) in [7, 11) is -4.03. The Morgan fingerprint density at radius 2 is 1.88 bits per heavy atom. The van der Waals surface area contributed by atoms with Gasteiger partial charge in [-0.05, 0) is 36.8 Å². The van der Waals surface area contributed by atoms with Crippen molar-refractivity contribution in [2.45, 2.75) is 17.9 Å². The minimum absolute atomic E-state index is 0.0640. The first-order valence-corrected chi connectivity index (χ1v) is 9.82. The van der Waals surface area contributed by atoms with Gasteiger partial charge in [0.15, 0.2) is 0 Å². The summed E-state index contributed by atoms with van der Waals surface area (Å²) < 4.78 is 25.5. The quantitative estimate of drug-likeness (QED) is 0.836. The van der Waals surface area contributed by atoms with E-state index < -0.39 is 34.4 Å². The van der Waals surface area contributed by atoms with E-state index in [4.69, 9.17) is 23.2 Å². The van der Waals surface area contributed by atoms with Crippen LogP contribution in [0.25, 0.3) is 0 Å². The molecule has 1 atom stereocenters. The molecule has 1 aliphatic heterocycles. The maximum atomic E-state index is 12.5. The minimum atomic E-state index is -4.03. The van der Waals surface area contributed by atoms with Crippen molar-refractivity contribution in [1.82, 2.24) is 9.62 Å². The van der Waals surface area contributed by atoms with Crippen molar-refractivity contribution in [3.8, 4) is 0 Å². The minimum Gasteiger partial charge on any atom is -0.348 e. The third-order valence-electron chi connectivity index (χ3n) is 4.01. The fourth-order valence-electron chi connectivity index (χ4n) is 2.74. The van der Waals surface area contributed by atoms with Crippen LogP contribution in [-0.4, -0.2) is 31.1 Å². The second-order valence-electron chi connectivity index (χ2n) is 5.77. The zero-order valence-electron chi connectivity index (χ0n) is 13.6. The standard InChI is InChI=1S/C17H14Cl2N2O4S/c1-10(12-7-6-11(18)8-14(12)19)20-16(22)9-21-17(23)13-4-2-3-5-15(13)26(21,24)25/h2-8,10H,9H2,1H3,(H,20,22). The summed E-state index contributed by atoms with van der Waals surface area (Å²) >= 11 is 12.0. The lowest BCUT2D eigenvalue weighted by atomic mass is 10.1. The topological polar surface area (TPSA) is 83.6 Å². The highest BCUT2D eigenvalue weighted by molar-refractivity contribution is 7.90. The Bertz CT molecular complexity index is 1010. The van der Waals surface area contributed by atoms with Gasteiger partial charge < -0.3 is 5.32 Å². The van der Waals surface area contributed by atoms with Crippen LogP contribution in [0, 0.1) is 0 Å². The summed E-state index contributed by atoms with van der Waals surface area (Å²) in [6.07, 6.45) is 0. The van der Waals surface area contributed by atoms with Gasteiger partial charge in [-0.15, -0.1) is 0 Å². The smallest absolute Gasteiger partial charge is 0.269 e. The van der Waals surface area contributed by atoms with E-state index in [1.165, 1.54) is 18.2 Å². The summed E-state index contributed by atoms with van der Waals surface area (Å²) in [4.78, 5) is 24.5. The first-order valence-electron chi connectivity index (χ1n) is 7.62. The molecule has 6 nitrogen and oxygen atoms in total. The Morgan fingerprint density at radius 3 is 2.54 bits per heavy atom. The molecule has 0 aliphatic carbocycles. The molecule has 1 heterocycles. The molecule has 2 amide bonds. The lowest BCUT2D eigenvalue weighted by Crippen LogP contribution is -2.41. The zero-order chi connectivity index (χ0) is 19.1. The Morgan fingerprint density at radius 1 is 1.19 bits per heavy atom. The van der Waals surface area contributed by atoms with Crippen LogP contribution in [0.1, 0.15) is 28.9 Å². The normalized spacial score (nSPS) is 16.3. The molecule has 2 aromatic carbocycles. The van der Waals surface area contributed by atoms with E-state index in [0.29, 0.717) is 19.9 Å². The van der Waals surface area contributed by atoms with E-state index >= 15 is 0 Å². The number of carbonyl (C=O) groups excluding carboxylic acids is 2. The third-order valence-corrected chi connectivity index (χ3v) is 6.36. The Balaban J connectivity index is 1.76. The number of sulfonamides is 1. The van der Waals surface area contributed by atoms with Crippen LogP contribution in [0.3, 0.4) is 0 Å². The second-order valence-corrected chi connectivity index (χ2v) is 8.44. The number of rotatable bonds is 4. The highest BCUT2D eigenvalue weighted by atomic mass is 35.5. The number of fused-ring (bicyclic) bond motifs is 1. The molecule has 26 heavy (non-hydrogen) atoms. The molecule has 0 bridgehead atoms. The van der Waals surface area contributed by atoms with Crippen molar-refractivity contribution in [3.05, 3.63) is 63.6 Å². The number of halogens is 2. The molecular formula is C17H14Cl2N2O4S. The van der Waals surface area contributed by atoms with Gasteiger partial charge in [0, 0.05) is 10.0 Å². The molecule has 3 rings (SSSR count). The van der Waals surface area contributed by atoms with Crippen LogP contribution in [0.5, 0.6) is 0 Å². The van der Waals surface area contributed by atoms with E-state index in [1.54, 1.807) is 31.2 Å². The summed E-state index contributed by atoms with van der Waals surface area (Å²) in [6, 6.07) is 10.2. The first kappa shape index (κ1) is 18.7. The van der Waals surface area contributed by atoms with Gasteiger partial charge in [-0.1, -0.05) is 41.4 Å². The van der Waals surface area contributed by atoms with Crippen molar-refractivity contribution >= 4 is 45.0 Å². The monoisotopic (exact) mass is 412 g/mol. The first-order chi connectivity index (χ1) is 12.2. The van der Waals surface area contributed by atoms with Gasteiger partial charge >= 0.3 is 0 Å². The summed E-state index contributed by atoms with van der Waals surface area (Å²) in [6.45, 7) is 1.09. The van der Waals surface area contributed by atoms with Crippen molar-refractivity contribution in [1.29, 1.82) is 0 Å². The maximum Gasteiger partial charge on any atom is 0.269 e. The highest BCUT2D eigenvalue weighted by Gasteiger charge is 2.41. The summed E-state index contributed by atoms with van der Waals surface area (Å²) in [5.41, 5.74) is 0.692. The van der Waals surface area contributed by atoms with Crippen molar-refractivity contribution in [2.75, 3.05) is 6.54 Å². The number of benzene rings is 2. The predicted molar refractivity (Wildman–Crippen MR) is 97.7 cm³/mol. The molecule has 2 aromatic rings. The number of hydrogen-bond acceptors (Lipinski definition) is 4. The Labute approximate surface area is 160 Å². The van der Waals surface area contributed by atoms with Crippen LogP contribution >= 0.6 is 23.2 Å². The number of nitrogens with one attached hydrogen (secondary N) is 1. The van der Waals surface area contributed by atoms with Crippen LogP contribution < -0.4 is 5.32 Å². The number of amides is 2. The second kappa shape index (κ2) is 6.90. The largest absolute Gasteiger partial charge is 0.348 e. The van der Waals surface area contributed by atoms with E-state index in [1.807, 2.05) is 0 Å². The van der Waals surface area contributed by atoms with Crippen molar-refractivity contribution in [3.63, 3.8) is 0 Å².